The molecule has 0 aromatic heterocycles. The molecule has 0 heterocycles. The molecule has 1 spiro atoms. The second-order valence-electron chi connectivity index (χ2n) is 13.6. The first-order chi connectivity index (χ1) is 15.2. The third-order valence-electron chi connectivity index (χ3n) is 12.2. The topological polar surface area (TPSA) is 0 Å². The van der Waals surface area contributed by atoms with Gasteiger partial charge in [-0.25, -0.2) is 0 Å². The van der Waals surface area contributed by atoms with Crippen molar-refractivity contribution in [3.05, 3.63) is 12.2 Å². The van der Waals surface area contributed by atoms with Gasteiger partial charge in [0.2, 0.25) is 0 Å². The third kappa shape index (κ3) is 3.91. The van der Waals surface area contributed by atoms with E-state index in [9.17, 15) is 0 Å². The molecule has 172 valence electrons. The van der Waals surface area contributed by atoms with Crippen LogP contribution in [0, 0.1) is 52.8 Å². The molecule has 7 atom stereocenters. The predicted molar refractivity (Wildman–Crippen MR) is 135 cm³/mol. The highest BCUT2D eigenvalue weighted by Crippen LogP contribution is 2.69. The summed E-state index contributed by atoms with van der Waals surface area (Å²) in [7, 11) is 2.46. The van der Waals surface area contributed by atoms with Crippen LogP contribution in [0.4, 0.5) is 0 Å². The van der Waals surface area contributed by atoms with Gasteiger partial charge >= 0.3 is 0 Å². The van der Waals surface area contributed by atoms with Crippen molar-refractivity contribution in [2.45, 2.75) is 121 Å². The molecular weight excluding hydrogens is 371 g/mol. The lowest BCUT2D eigenvalue weighted by atomic mass is 9.62. The maximum atomic E-state index is 2.72. The Morgan fingerprint density at radius 3 is 2.23 bits per heavy atom. The van der Waals surface area contributed by atoms with Crippen LogP contribution in [0.3, 0.4) is 0 Å². The molecule has 0 aromatic carbocycles. The summed E-state index contributed by atoms with van der Waals surface area (Å²) in [5, 5.41) is 0. The lowest BCUT2D eigenvalue weighted by Crippen LogP contribution is -2.35. The summed E-state index contributed by atoms with van der Waals surface area (Å²) in [5.74, 6) is 9.48. The van der Waals surface area contributed by atoms with Crippen molar-refractivity contribution in [1.82, 2.24) is 0 Å². The fourth-order valence-corrected chi connectivity index (χ4v) is 10.7. The molecular formula is C30H49B. The molecule has 0 radical (unpaired) electrons. The van der Waals surface area contributed by atoms with Crippen LogP contribution in [0.15, 0.2) is 12.2 Å². The predicted octanol–water partition coefficient (Wildman–Crippen LogP) is 7.98. The lowest BCUT2D eigenvalue weighted by Gasteiger charge is -2.43. The van der Waals surface area contributed by atoms with Gasteiger partial charge in [-0.3, -0.25) is 0 Å². The zero-order chi connectivity index (χ0) is 20.8. The lowest BCUT2D eigenvalue weighted by molar-refractivity contribution is 0.0658. The molecule has 5 saturated carbocycles. The van der Waals surface area contributed by atoms with Gasteiger partial charge in [-0.2, -0.15) is 0 Å². The van der Waals surface area contributed by atoms with Gasteiger partial charge in [0.1, 0.15) is 7.85 Å². The van der Waals surface area contributed by atoms with E-state index in [1.54, 1.807) is 77.0 Å². The van der Waals surface area contributed by atoms with E-state index >= 15 is 0 Å². The van der Waals surface area contributed by atoms with E-state index in [1.165, 1.54) is 38.5 Å². The van der Waals surface area contributed by atoms with Gasteiger partial charge in [0.25, 0.3) is 0 Å². The Morgan fingerprint density at radius 1 is 0.677 bits per heavy atom. The summed E-state index contributed by atoms with van der Waals surface area (Å²) < 4.78 is 0. The fraction of sp³-hybridized carbons (Fsp3) is 0.933. The average molecular weight is 421 g/mol. The van der Waals surface area contributed by atoms with Crippen molar-refractivity contribution in [3.63, 3.8) is 0 Å². The molecule has 6 rings (SSSR count). The van der Waals surface area contributed by atoms with Gasteiger partial charge in [-0.15, -0.1) is 0 Å². The molecule has 0 nitrogen and oxygen atoms in total. The number of allylic oxidation sites excluding steroid dienone is 2. The van der Waals surface area contributed by atoms with E-state index in [4.69, 9.17) is 0 Å². The summed E-state index contributed by atoms with van der Waals surface area (Å²) >= 11 is 0. The van der Waals surface area contributed by atoms with Gasteiger partial charge in [-0.05, 0) is 111 Å². The second-order valence-corrected chi connectivity index (χ2v) is 13.6. The van der Waals surface area contributed by atoms with Crippen LogP contribution in [0.1, 0.15) is 116 Å². The van der Waals surface area contributed by atoms with Gasteiger partial charge in [-0.1, -0.05) is 75.8 Å². The molecule has 31 heavy (non-hydrogen) atoms. The first kappa shape index (κ1) is 21.3. The molecule has 0 amide bonds. The highest BCUT2D eigenvalue weighted by atomic mass is 14.7. The summed E-state index contributed by atoms with van der Waals surface area (Å²) in [5.41, 5.74) is 0.819. The number of hydrogen-bond donors (Lipinski definition) is 0. The molecule has 6 aliphatic carbocycles. The Kier molecular flexibility index (Phi) is 6.11. The van der Waals surface area contributed by atoms with Crippen molar-refractivity contribution in [3.8, 4) is 0 Å². The zero-order valence-corrected chi connectivity index (χ0v) is 20.6. The second kappa shape index (κ2) is 8.87. The minimum Gasteiger partial charge on any atom is -0.0851 e. The van der Waals surface area contributed by atoms with Gasteiger partial charge in [0, 0.05) is 0 Å². The quantitative estimate of drug-likeness (QED) is 0.321. The summed E-state index contributed by atoms with van der Waals surface area (Å²) in [6.07, 6.45) is 33.5. The largest absolute Gasteiger partial charge is 0.105 e. The van der Waals surface area contributed by atoms with E-state index in [1.807, 2.05) is 0 Å². The van der Waals surface area contributed by atoms with Crippen molar-refractivity contribution >= 4 is 7.85 Å². The Hall–Kier alpha value is -0.195. The van der Waals surface area contributed by atoms with Gasteiger partial charge < -0.3 is 0 Å². The molecule has 1 heteroatoms. The Labute approximate surface area is 194 Å². The molecule has 5 fully saturated rings. The van der Waals surface area contributed by atoms with Crippen LogP contribution in [0.5, 0.6) is 0 Å². The summed E-state index contributed by atoms with van der Waals surface area (Å²) in [4.78, 5) is 0. The summed E-state index contributed by atoms with van der Waals surface area (Å²) in [6, 6.07) is 0. The third-order valence-corrected chi connectivity index (χ3v) is 12.2. The fourth-order valence-electron chi connectivity index (χ4n) is 10.7. The minimum atomic E-state index is 0.819. The molecule has 0 bridgehead atoms. The maximum Gasteiger partial charge on any atom is 0.105 e. The summed E-state index contributed by atoms with van der Waals surface area (Å²) in [6.45, 7) is 0. The van der Waals surface area contributed by atoms with Gasteiger partial charge in [0.15, 0.2) is 0 Å². The number of hydrogen-bond acceptors (Lipinski definition) is 0. The van der Waals surface area contributed by atoms with Crippen LogP contribution in [0.2, 0.25) is 5.82 Å². The van der Waals surface area contributed by atoms with Crippen LogP contribution < -0.4 is 0 Å². The minimum absolute atomic E-state index is 0.819. The smallest absolute Gasteiger partial charge is 0.0851 e. The Balaban J connectivity index is 1.08. The Bertz CT molecular complexity index is 637. The highest BCUT2D eigenvalue weighted by Gasteiger charge is 2.61. The van der Waals surface area contributed by atoms with Crippen molar-refractivity contribution in [2.75, 3.05) is 0 Å². The van der Waals surface area contributed by atoms with E-state index in [2.05, 4.69) is 20.0 Å². The van der Waals surface area contributed by atoms with Crippen LogP contribution in [-0.4, -0.2) is 7.85 Å². The molecule has 0 aliphatic heterocycles. The average Bonchev–Trinajstić information content (AvgIpc) is 3.40. The monoisotopic (exact) mass is 420 g/mol. The SMILES string of the molecule is BC1CCC(C2C=CC(CC3CC[C@H]4C(C3)C3(CCCC3)C3CCCC[C@H]34)CC2)CC1. The first-order valence-electron chi connectivity index (χ1n) is 14.9. The van der Waals surface area contributed by atoms with E-state index in [0.29, 0.717) is 0 Å². The molecule has 0 aromatic rings. The molecule has 0 saturated heterocycles. The number of rotatable bonds is 3. The first-order valence-corrected chi connectivity index (χ1v) is 14.9. The normalized spacial score (nSPS) is 49.1. The molecule has 0 N–H and O–H groups in total. The standard InChI is InChI=1S/C30H49B/c31-25-14-12-24(13-15-25)23-10-7-21(8-11-23)19-22-9-16-27-26-5-1-2-6-28(26)30(29(27)20-22)17-3-4-18-30/h7,10,21-29H,1-6,8-9,11-20,31H2/t21?,22?,23?,24?,25?,26-,27+,28?,29?/m0/s1. The Morgan fingerprint density at radius 2 is 1.45 bits per heavy atom. The number of fused-ring (bicyclic) bond motifs is 5. The van der Waals surface area contributed by atoms with Crippen molar-refractivity contribution < 1.29 is 0 Å². The van der Waals surface area contributed by atoms with Crippen molar-refractivity contribution in [1.29, 1.82) is 0 Å². The van der Waals surface area contributed by atoms with Gasteiger partial charge in [0.05, 0.1) is 0 Å². The van der Waals surface area contributed by atoms with Crippen LogP contribution in [0.25, 0.3) is 0 Å². The van der Waals surface area contributed by atoms with Crippen LogP contribution in [-0.2, 0) is 0 Å². The maximum absolute atomic E-state index is 2.72. The van der Waals surface area contributed by atoms with E-state index in [-0.39, 0.29) is 0 Å². The van der Waals surface area contributed by atoms with Crippen LogP contribution >= 0.6 is 0 Å². The molecule has 6 aliphatic rings. The van der Waals surface area contributed by atoms with Crippen molar-refractivity contribution in [2.24, 2.45) is 52.8 Å². The van der Waals surface area contributed by atoms with E-state index in [0.717, 1.165) is 58.6 Å². The molecule has 5 unspecified atom stereocenters. The highest BCUT2D eigenvalue weighted by molar-refractivity contribution is 6.11. The van der Waals surface area contributed by atoms with E-state index < -0.39 is 0 Å². The zero-order valence-electron chi connectivity index (χ0n) is 20.6.